The highest BCUT2D eigenvalue weighted by Gasteiger charge is 2.21. The second-order valence-electron chi connectivity index (χ2n) is 4.35. The third kappa shape index (κ3) is 3.22. The lowest BCUT2D eigenvalue weighted by atomic mass is 10.2. The molecule has 0 N–H and O–H groups in total. The Hall–Kier alpha value is -1.53. The van der Waals surface area contributed by atoms with Gasteiger partial charge >= 0.3 is 5.97 Å². The number of thioether (sulfide) groups is 2. The Morgan fingerprint density at radius 3 is 2.71 bits per heavy atom. The minimum absolute atomic E-state index is 0.169. The normalized spacial score (nSPS) is 15.1. The third-order valence-corrected chi connectivity index (χ3v) is 6.11. The molecule has 4 nitrogen and oxygen atoms in total. The number of furan rings is 1. The van der Waals surface area contributed by atoms with Crippen LogP contribution in [-0.2, 0) is 0 Å². The quantitative estimate of drug-likeness (QED) is 0.627. The van der Waals surface area contributed by atoms with Gasteiger partial charge in [-0.3, -0.25) is 0 Å². The molecule has 0 atom stereocenters. The number of carbonyl (C=O) groups excluding carboxylic acids is 1. The van der Waals surface area contributed by atoms with Crippen LogP contribution in [0.25, 0.3) is 0 Å². The summed E-state index contributed by atoms with van der Waals surface area (Å²) in [6.45, 7) is 0. The zero-order chi connectivity index (χ0) is 14.7. The fourth-order valence-electron chi connectivity index (χ4n) is 2.01. The molecule has 1 saturated heterocycles. The van der Waals surface area contributed by atoms with Gasteiger partial charge in [0.2, 0.25) is 5.76 Å². The van der Waals surface area contributed by atoms with Gasteiger partial charge in [0, 0.05) is 11.5 Å². The van der Waals surface area contributed by atoms with Crippen LogP contribution >= 0.6 is 23.5 Å². The van der Waals surface area contributed by atoms with E-state index in [0.29, 0.717) is 16.1 Å². The smallest absolute Gasteiger partial charge is 0.379 e. The first kappa shape index (κ1) is 14.4. The van der Waals surface area contributed by atoms with Gasteiger partial charge in [-0.15, -0.1) is 23.5 Å². The van der Waals surface area contributed by atoms with Crippen LogP contribution in [0.3, 0.4) is 0 Å². The molecule has 1 aromatic heterocycles. The summed E-state index contributed by atoms with van der Waals surface area (Å²) in [7, 11) is 1.57. The Morgan fingerprint density at radius 2 is 2.05 bits per heavy atom. The van der Waals surface area contributed by atoms with Gasteiger partial charge in [0.1, 0.15) is 0 Å². The first-order valence-corrected chi connectivity index (χ1v) is 8.54. The van der Waals surface area contributed by atoms with E-state index in [9.17, 15) is 4.79 Å². The molecular weight excluding hydrogens is 308 g/mol. The molecule has 0 bridgehead atoms. The van der Waals surface area contributed by atoms with E-state index >= 15 is 0 Å². The Labute approximate surface area is 131 Å². The van der Waals surface area contributed by atoms with Gasteiger partial charge in [-0.25, -0.2) is 4.79 Å². The first-order chi connectivity index (χ1) is 10.3. The van der Waals surface area contributed by atoms with Crippen molar-refractivity contribution in [2.75, 3.05) is 18.6 Å². The van der Waals surface area contributed by atoms with E-state index < -0.39 is 5.97 Å². The molecule has 1 aromatic carbocycles. The summed E-state index contributed by atoms with van der Waals surface area (Å²) in [6.07, 6.45) is 1.44. The summed E-state index contributed by atoms with van der Waals surface area (Å²) in [6, 6.07) is 8.89. The van der Waals surface area contributed by atoms with Crippen molar-refractivity contribution in [3.05, 3.63) is 47.9 Å². The monoisotopic (exact) mass is 322 g/mol. The molecule has 0 saturated carbocycles. The molecule has 1 fully saturated rings. The number of ether oxygens (including phenoxy) is 2. The number of rotatable bonds is 4. The molecule has 0 aliphatic carbocycles. The average Bonchev–Trinajstić information content (AvgIpc) is 3.20. The fourth-order valence-corrected chi connectivity index (χ4v) is 4.85. The predicted molar refractivity (Wildman–Crippen MR) is 84.3 cm³/mol. The second kappa shape index (κ2) is 6.49. The van der Waals surface area contributed by atoms with Crippen molar-refractivity contribution >= 4 is 29.5 Å². The summed E-state index contributed by atoms with van der Waals surface area (Å²) in [4.78, 5) is 11.9. The van der Waals surface area contributed by atoms with Crippen LogP contribution in [0.1, 0.15) is 20.7 Å². The number of carbonyl (C=O) groups is 1. The molecule has 0 amide bonds. The predicted octanol–water partition coefficient (Wildman–Crippen LogP) is 3.99. The highest BCUT2D eigenvalue weighted by atomic mass is 32.2. The molecular formula is C15H14O4S2. The van der Waals surface area contributed by atoms with Crippen LogP contribution < -0.4 is 9.47 Å². The summed E-state index contributed by atoms with van der Waals surface area (Å²) in [5.41, 5.74) is 1.18. The molecule has 0 radical (unpaired) electrons. The van der Waals surface area contributed by atoms with Crippen molar-refractivity contribution in [1.82, 2.24) is 0 Å². The number of hydrogen-bond acceptors (Lipinski definition) is 6. The van der Waals surface area contributed by atoms with Crippen molar-refractivity contribution < 1.29 is 18.7 Å². The van der Waals surface area contributed by atoms with Gasteiger partial charge in [-0.1, -0.05) is 6.07 Å². The number of esters is 1. The van der Waals surface area contributed by atoms with Crippen LogP contribution in [0.15, 0.2) is 41.0 Å². The van der Waals surface area contributed by atoms with E-state index in [2.05, 4.69) is 0 Å². The maximum Gasteiger partial charge on any atom is 0.379 e. The van der Waals surface area contributed by atoms with Gasteiger partial charge in [-0.05, 0) is 29.8 Å². The largest absolute Gasteiger partial charge is 0.493 e. The van der Waals surface area contributed by atoms with Crippen molar-refractivity contribution in [2.45, 2.75) is 4.58 Å². The Bertz CT molecular complexity index is 619. The molecule has 0 unspecified atom stereocenters. The second-order valence-corrected chi connectivity index (χ2v) is 7.07. The Balaban J connectivity index is 1.80. The van der Waals surface area contributed by atoms with Crippen molar-refractivity contribution in [1.29, 1.82) is 0 Å². The van der Waals surface area contributed by atoms with Crippen molar-refractivity contribution in [2.24, 2.45) is 0 Å². The number of methoxy groups -OCH3 is 1. The van der Waals surface area contributed by atoms with Crippen LogP contribution in [-0.4, -0.2) is 24.6 Å². The van der Waals surface area contributed by atoms with Crippen LogP contribution in [0.4, 0.5) is 0 Å². The number of benzene rings is 1. The van der Waals surface area contributed by atoms with E-state index in [4.69, 9.17) is 13.9 Å². The maximum absolute atomic E-state index is 11.9. The van der Waals surface area contributed by atoms with Gasteiger partial charge in [0.15, 0.2) is 11.5 Å². The lowest BCUT2D eigenvalue weighted by Crippen LogP contribution is -2.08. The van der Waals surface area contributed by atoms with Crippen molar-refractivity contribution in [3.8, 4) is 11.5 Å². The van der Waals surface area contributed by atoms with Gasteiger partial charge in [0.25, 0.3) is 0 Å². The maximum atomic E-state index is 11.9. The Kier molecular flexibility index (Phi) is 4.45. The van der Waals surface area contributed by atoms with E-state index in [1.807, 2.05) is 35.7 Å². The van der Waals surface area contributed by atoms with E-state index in [-0.39, 0.29) is 5.76 Å². The van der Waals surface area contributed by atoms with Gasteiger partial charge < -0.3 is 13.9 Å². The third-order valence-electron chi connectivity index (χ3n) is 3.01. The number of hydrogen-bond donors (Lipinski definition) is 0. The van der Waals surface area contributed by atoms with E-state index in [1.54, 1.807) is 25.3 Å². The molecule has 3 rings (SSSR count). The molecule has 110 valence electrons. The molecule has 6 heteroatoms. The fraction of sp³-hybridized carbons (Fsp3) is 0.267. The lowest BCUT2D eigenvalue weighted by Gasteiger charge is -2.13. The molecule has 0 spiro atoms. The molecule has 2 heterocycles. The van der Waals surface area contributed by atoms with E-state index in [1.165, 1.54) is 11.8 Å². The SMILES string of the molecule is COc1cc(C2SCCS2)ccc1OC(=O)c1ccco1. The van der Waals surface area contributed by atoms with Gasteiger partial charge in [-0.2, -0.15) is 0 Å². The van der Waals surface area contributed by atoms with E-state index in [0.717, 1.165) is 11.5 Å². The summed E-state index contributed by atoms with van der Waals surface area (Å²) >= 11 is 3.83. The Morgan fingerprint density at radius 1 is 1.24 bits per heavy atom. The van der Waals surface area contributed by atoms with Crippen LogP contribution in [0, 0.1) is 0 Å². The van der Waals surface area contributed by atoms with Gasteiger partial charge in [0.05, 0.1) is 18.0 Å². The van der Waals surface area contributed by atoms with Crippen LogP contribution in [0.5, 0.6) is 11.5 Å². The molecule has 1 aliphatic heterocycles. The molecule has 1 aliphatic rings. The average molecular weight is 322 g/mol. The summed E-state index contributed by atoms with van der Waals surface area (Å²) in [5.74, 6) is 2.91. The zero-order valence-electron chi connectivity index (χ0n) is 11.4. The topological polar surface area (TPSA) is 48.7 Å². The van der Waals surface area contributed by atoms with Crippen LogP contribution in [0.2, 0.25) is 0 Å². The standard InChI is InChI=1S/C15H14O4S2/c1-17-13-9-10(15-20-7-8-21-15)4-5-11(13)19-14(16)12-3-2-6-18-12/h2-6,9,15H,7-8H2,1H3. The molecule has 21 heavy (non-hydrogen) atoms. The molecule has 2 aromatic rings. The minimum atomic E-state index is -0.532. The lowest BCUT2D eigenvalue weighted by molar-refractivity contribution is 0.0696. The van der Waals surface area contributed by atoms with Crippen molar-refractivity contribution in [3.63, 3.8) is 0 Å². The summed E-state index contributed by atoms with van der Waals surface area (Å²) in [5, 5.41) is 0. The minimum Gasteiger partial charge on any atom is -0.493 e. The first-order valence-electron chi connectivity index (χ1n) is 6.45. The summed E-state index contributed by atoms with van der Waals surface area (Å²) < 4.78 is 16.1. The highest BCUT2D eigenvalue weighted by Crippen LogP contribution is 2.46. The highest BCUT2D eigenvalue weighted by molar-refractivity contribution is 8.19. The zero-order valence-corrected chi connectivity index (χ0v) is 13.0.